The summed E-state index contributed by atoms with van der Waals surface area (Å²) in [5.41, 5.74) is -9.28. The normalized spacial score (nSPS) is 19.7. The third-order valence-electron chi connectivity index (χ3n) is 6.11. The maximum absolute atomic E-state index is 13.8. The van der Waals surface area contributed by atoms with Crippen LogP contribution in [0.1, 0.15) is 6.42 Å². The maximum Gasteiger partial charge on any atom is 0.438 e. The third kappa shape index (κ3) is 5.11. The lowest BCUT2D eigenvalue weighted by atomic mass is 9.81. The summed E-state index contributed by atoms with van der Waals surface area (Å²) in [5, 5.41) is 0. The molecule has 0 radical (unpaired) electrons. The van der Waals surface area contributed by atoms with Crippen LogP contribution in [-0.2, 0) is 4.74 Å². The first-order valence-electron chi connectivity index (χ1n) is 10.4. The predicted octanol–water partition coefficient (Wildman–Crippen LogP) is 9.60. The minimum absolute atomic E-state index is 1.10. The van der Waals surface area contributed by atoms with Crippen LogP contribution in [0.5, 0.6) is 0 Å². The van der Waals surface area contributed by atoms with Gasteiger partial charge in [-0.3, -0.25) is 0 Å². The second-order valence-electron chi connectivity index (χ2n) is 9.26. The molecule has 0 spiro atoms. The molecule has 0 N–H and O–H groups in total. The Morgan fingerprint density at radius 1 is 0.319 bits per heavy atom. The van der Waals surface area contributed by atoms with E-state index in [0.29, 0.717) is 0 Å². The highest BCUT2D eigenvalue weighted by Crippen LogP contribution is 2.69. The Kier molecular flexibility index (Phi) is 9.57. The Hall–Kier alpha value is -2.07. The van der Waals surface area contributed by atoms with Gasteiger partial charge in [-0.05, 0) is 0 Å². The van der Waals surface area contributed by atoms with Gasteiger partial charge in [0.25, 0.3) is 0 Å². The van der Waals surface area contributed by atoms with Crippen molar-refractivity contribution in [2.45, 2.75) is 95.7 Å². The van der Waals surface area contributed by atoms with Crippen LogP contribution in [0.4, 0.5) is 127 Å². The van der Waals surface area contributed by atoms with Crippen LogP contribution in [-0.4, -0.2) is 95.9 Å². The molecule has 47 heavy (non-hydrogen) atoms. The fourth-order valence-corrected chi connectivity index (χ4v) is 3.14. The molecular formula is C17H5F29O. The largest absolute Gasteiger partial charge is 0.438 e. The highest BCUT2D eigenvalue weighted by molar-refractivity contribution is 5.22. The van der Waals surface area contributed by atoms with E-state index in [9.17, 15) is 127 Å². The Balaban J connectivity index is 3.96. The first kappa shape index (κ1) is 43.0. The molecule has 1 aliphatic rings. The quantitative estimate of drug-likeness (QED) is 0.134. The number of alkyl halides is 29. The van der Waals surface area contributed by atoms with E-state index in [1.165, 1.54) is 0 Å². The number of hydrogen-bond acceptors (Lipinski definition) is 1. The molecule has 0 saturated carbocycles. The topological polar surface area (TPSA) is 12.5 Å². The van der Waals surface area contributed by atoms with Crippen LogP contribution in [0.25, 0.3) is 0 Å². The summed E-state index contributed by atoms with van der Waals surface area (Å²) in [6, 6.07) is 0. The standard InChI is InChI=1S/C17H5F29O/c18-4(19,1-3-2-47-3)6(21,22)8(25,26)10(29,30)12(33,34)14(37,38)15(39,40)13(35,36)11(31,32)9(27,28)7(23,24)5(20,16(41,42)43)17(44,45)46/h3H,1-2H2. The van der Waals surface area contributed by atoms with E-state index in [0.717, 1.165) is 0 Å². The molecule has 0 aromatic heterocycles. The summed E-state index contributed by atoms with van der Waals surface area (Å²) in [5.74, 6) is -102. The molecule has 1 heterocycles. The molecule has 1 rings (SSSR count). The van der Waals surface area contributed by atoms with Crippen molar-refractivity contribution in [2.75, 3.05) is 6.61 Å². The zero-order valence-corrected chi connectivity index (χ0v) is 20.4. The van der Waals surface area contributed by atoms with E-state index in [1.807, 2.05) is 0 Å². The van der Waals surface area contributed by atoms with Crippen LogP contribution in [0.3, 0.4) is 0 Å². The Bertz CT molecular complexity index is 1140. The van der Waals surface area contributed by atoms with Gasteiger partial charge in [-0.25, -0.2) is 4.39 Å². The molecule has 1 unspecified atom stereocenters. The van der Waals surface area contributed by atoms with Gasteiger partial charge in [0.1, 0.15) is 0 Å². The number of halogens is 29. The van der Waals surface area contributed by atoms with Gasteiger partial charge < -0.3 is 4.74 Å². The monoisotopic (exact) mass is 776 g/mol. The van der Waals surface area contributed by atoms with Crippen molar-refractivity contribution in [1.82, 2.24) is 0 Å². The minimum Gasteiger partial charge on any atom is -0.373 e. The van der Waals surface area contributed by atoms with E-state index in [4.69, 9.17) is 0 Å². The van der Waals surface area contributed by atoms with Crippen molar-refractivity contribution in [3.8, 4) is 0 Å². The number of hydrogen-bond donors (Lipinski definition) is 0. The molecule has 30 heteroatoms. The minimum atomic E-state index is -9.96. The molecule has 0 bridgehead atoms. The molecule has 1 fully saturated rings. The average molecular weight is 776 g/mol. The zero-order chi connectivity index (χ0) is 38.7. The van der Waals surface area contributed by atoms with Crippen molar-refractivity contribution < 1.29 is 132 Å². The van der Waals surface area contributed by atoms with Gasteiger partial charge in [-0.15, -0.1) is 0 Å². The number of ether oxygens (including phenoxy) is 1. The van der Waals surface area contributed by atoms with E-state index in [-0.39, 0.29) is 0 Å². The average Bonchev–Trinajstić information content (AvgIpc) is 3.63. The van der Waals surface area contributed by atoms with Crippen LogP contribution in [0, 0.1) is 0 Å². The van der Waals surface area contributed by atoms with Crippen molar-refractivity contribution in [3.05, 3.63) is 0 Å². The molecule has 0 aromatic carbocycles. The summed E-state index contributed by atoms with van der Waals surface area (Å²) in [6.45, 7) is -1.10. The van der Waals surface area contributed by atoms with Crippen LogP contribution in [0.15, 0.2) is 0 Å². The SMILES string of the molecule is FC(F)(F)C(F)(C(F)(F)F)C(F)(F)C(F)(F)C(F)(F)C(F)(F)C(F)(F)C(F)(F)C(F)(F)C(F)(F)C(F)(F)C(F)(F)C(F)(F)CC1CO1. The second kappa shape index (κ2) is 10.5. The molecule has 0 aliphatic carbocycles. The Morgan fingerprint density at radius 2 is 0.511 bits per heavy atom. The van der Waals surface area contributed by atoms with E-state index in [1.54, 1.807) is 0 Å². The highest BCUT2D eigenvalue weighted by Gasteiger charge is 3.01. The van der Waals surface area contributed by atoms with Crippen molar-refractivity contribution in [2.24, 2.45) is 0 Å². The summed E-state index contributed by atoms with van der Waals surface area (Å²) < 4.78 is 393. The Morgan fingerprint density at radius 3 is 0.702 bits per heavy atom. The Labute approximate surface area is 235 Å². The first-order valence-corrected chi connectivity index (χ1v) is 10.4. The predicted molar refractivity (Wildman–Crippen MR) is 84.7 cm³/mol. The van der Waals surface area contributed by atoms with Crippen molar-refractivity contribution >= 4 is 0 Å². The van der Waals surface area contributed by atoms with Crippen LogP contribution < -0.4 is 0 Å². The van der Waals surface area contributed by atoms with Gasteiger partial charge in [0.15, 0.2) is 0 Å². The summed E-state index contributed by atoms with van der Waals surface area (Å²) >= 11 is 0. The lowest BCUT2D eigenvalue weighted by Crippen LogP contribution is -2.80. The molecular weight excluding hydrogens is 771 g/mol. The van der Waals surface area contributed by atoms with Gasteiger partial charge in [0.2, 0.25) is 0 Å². The van der Waals surface area contributed by atoms with Gasteiger partial charge >= 0.3 is 83.2 Å². The number of epoxide rings is 1. The van der Waals surface area contributed by atoms with Gasteiger partial charge in [-0.1, -0.05) is 0 Å². The first-order chi connectivity index (χ1) is 19.8. The summed E-state index contributed by atoms with van der Waals surface area (Å²) in [4.78, 5) is 0. The smallest absolute Gasteiger partial charge is 0.373 e. The van der Waals surface area contributed by atoms with Crippen molar-refractivity contribution in [1.29, 1.82) is 0 Å². The molecule has 1 aliphatic heterocycles. The van der Waals surface area contributed by atoms with E-state index >= 15 is 0 Å². The van der Waals surface area contributed by atoms with Gasteiger partial charge in [0.05, 0.1) is 12.7 Å². The molecule has 1 nitrogen and oxygen atoms in total. The second-order valence-corrected chi connectivity index (χ2v) is 9.26. The molecule has 1 saturated heterocycles. The summed E-state index contributed by atoms with van der Waals surface area (Å²) in [6.07, 6.45) is -22.7. The maximum atomic E-state index is 13.8. The molecule has 282 valence electrons. The van der Waals surface area contributed by atoms with Crippen molar-refractivity contribution in [3.63, 3.8) is 0 Å². The van der Waals surface area contributed by atoms with E-state index in [2.05, 4.69) is 4.74 Å². The summed E-state index contributed by atoms with van der Waals surface area (Å²) in [7, 11) is 0. The molecule has 1 atom stereocenters. The van der Waals surface area contributed by atoms with Crippen LogP contribution >= 0.6 is 0 Å². The zero-order valence-electron chi connectivity index (χ0n) is 20.4. The lowest BCUT2D eigenvalue weighted by molar-refractivity contribution is -0.489. The molecule has 0 amide bonds. The molecule has 0 aromatic rings. The highest BCUT2D eigenvalue weighted by atomic mass is 19.4. The van der Waals surface area contributed by atoms with Gasteiger partial charge in [-0.2, -0.15) is 123 Å². The van der Waals surface area contributed by atoms with Crippen LogP contribution in [0.2, 0.25) is 0 Å². The fraction of sp³-hybridized carbons (Fsp3) is 1.00. The lowest BCUT2D eigenvalue weighted by Gasteiger charge is -2.47. The third-order valence-corrected chi connectivity index (χ3v) is 6.11. The number of rotatable bonds is 13. The fourth-order valence-electron chi connectivity index (χ4n) is 3.14. The van der Waals surface area contributed by atoms with E-state index < -0.39 is 102 Å². The van der Waals surface area contributed by atoms with Gasteiger partial charge in [0, 0.05) is 6.42 Å².